The summed E-state index contributed by atoms with van der Waals surface area (Å²) in [5, 5.41) is 0. The van der Waals surface area contributed by atoms with Gasteiger partial charge in [-0.1, -0.05) is 62.4 Å². The van der Waals surface area contributed by atoms with Gasteiger partial charge in [0, 0.05) is 5.41 Å². The molecule has 0 radical (unpaired) electrons. The quantitative estimate of drug-likeness (QED) is 0.596. The van der Waals surface area contributed by atoms with Crippen LogP contribution in [-0.4, -0.2) is 0 Å². The predicted octanol–water partition coefficient (Wildman–Crippen LogP) is 3.99. The molecule has 0 fully saturated rings. The molecule has 0 heterocycles. The average Bonchev–Trinajstić information content (AvgIpc) is 2.49. The van der Waals surface area contributed by atoms with Crippen molar-refractivity contribution < 1.29 is 1.37 Å². The van der Waals surface area contributed by atoms with Gasteiger partial charge in [0.1, 0.15) is 0 Å². The number of rotatable bonds is 0. The fourth-order valence-corrected chi connectivity index (χ4v) is 2.59. The van der Waals surface area contributed by atoms with E-state index in [2.05, 4.69) is 44.2 Å². The van der Waals surface area contributed by atoms with Crippen molar-refractivity contribution in [3.8, 4) is 11.1 Å². The normalized spacial score (nSPS) is 16.8. The maximum absolute atomic E-state index is 7.75. The molecule has 0 amide bonds. The molecule has 0 N–H and O–H groups in total. The molecule has 0 unspecified atom stereocenters. The third kappa shape index (κ3) is 1.02. The molecular weight excluding hydrogens is 180 g/mol. The summed E-state index contributed by atoms with van der Waals surface area (Å²) in [5.41, 5.74) is 5.29. The maximum Gasteiger partial charge on any atom is 0.0623 e. The monoisotopic (exact) mass is 195 g/mol. The number of fused-ring (bicyclic) bond motifs is 3. The minimum absolute atomic E-state index is 0.0307. The molecule has 0 spiro atoms. The van der Waals surface area contributed by atoms with Gasteiger partial charge in [0.05, 0.1) is 1.37 Å². The summed E-state index contributed by atoms with van der Waals surface area (Å²) >= 11 is 0. The lowest BCUT2D eigenvalue weighted by molar-refractivity contribution is 0.660. The second-order valence-corrected chi connectivity index (χ2v) is 4.64. The Kier molecular flexibility index (Phi) is 1.40. The molecule has 0 saturated carbocycles. The van der Waals surface area contributed by atoms with E-state index in [-0.39, 0.29) is 5.41 Å². The van der Waals surface area contributed by atoms with Crippen molar-refractivity contribution in [3.63, 3.8) is 0 Å². The van der Waals surface area contributed by atoms with Crippen LogP contribution in [0.5, 0.6) is 0 Å². The third-order valence-electron chi connectivity index (χ3n) is 3.43. The fraction of sp³-hybridized carbons (Fsp3) is 0.200. The van der Waals surface area contributed by atoms with Crippen LogP contribution in [0.2, 0.25) is 0 Å². The number of benzene rings is 2. The molecule has 15 heavy (non-hydrogen) atoms. The summed E-state index contributed by atoms with van der Waals surface area (Å²) in [6, 6.07) is 15.1. The Morgan fingerprint density at radius 1 is 0.867 bits per heavy atom. The molecule has 0 aromatic heterocycles. The number of hydrogen-bond donors (Lipinski definition) is 0. The molecular formula is C15H14. The van der Waals surface area contributed by atoms with Crippen LogP contribution in [0, 0.1) is 0 Å². The summed E-state index contributed by atoms with van der Waals surface area (Å²) in [7, 11) is 0. The van der Waals surface area contributed by atoms with Crippen LogP contribution in [0.4, 0.5) is 0 Å². The van der Waals surface area contributed by atoms with E-state index in [1.165, 1.54) is 22.3 Å². The van der Waals surface area contributed by atoms with Crippen molar-refractivity contribution in [2.75, 3.05) is 0 Å². The van der Waals surface area contributed by atoms with Gasteiger partial charge in [-0.15, -0.1) is 0 Å². The largest absolute Gasteiger partial charge is 0.0623 e. The highest BCUT2D eigenvalue weighted by atomic mass is 14.4. The molecule has 0 saturated heterocycles. The van der Waals surface area contributed by atoms with Gasteiger partial charge in [0.15, 0.2) is 0 Å². The van der Waals surface area contributed by atoms with E-state index in [4.69, 9.17) is 1.37 Å². The van der Waals surface area contributed by atoms with E-state index in [0.717, 1.165) is 0 Å². The van der Waals surface area contributed by atoms with E-state index in [9.17, 15) is 0 Å². The Bertz CT molecular complexity index is 567. The topological polar surface area (TPSA) is 0 Å². The minimum atomic E-state index is 0.0307. The van der Waals surface area contributed by atoms with Gasteiger partial charge in [-0.25, -0.2) is 0 Å². The molecule has 0 bridgehead atoms. The lowest BCUT2D eigenvalue weighted by atomic mass is 9.82. The molecule has 74 valence electrons. The summed E-state index contributed by atoms with van der Waals surface area (Å²) in [6.45, 7) is 4.47. The van der Waals surface area contributed by atoms with Crippen molar-refractivity contribution in [2.45, 2.75) is 19.3 Å². The van der Waals surface area contributed by atoms with Crippen molar-refractivity contribution >= 4 is 0 Å². The molecule has 0 atom stereocenters. The zero-order valence-corrected chi connectivity index (χ0v) is 9.04. The molecule has 0 aliphatic heterocycles. The third-order valence-corrected chi connectivity index (χ3v) is 3.43. The Morgan fingerprint density at radius 2 is 1.47 bits per heavy atom. The molecule has 1 aliphatic carbocycles. The van der Waals surface area contributed by atoms with E-state index in [1.807, 2.05) is 12.1 Å². The van der Waals surface area contributed by atoms with Gasteiger partial charge >= 0.3 is 0 Å². The second kappa shape index (κ2) is 2.73. The highest BCUT2D eigenvalue weighted by Crippen LogP contribution is 2.47. The SMILES string of the molecule is [2H]c1ccc2c(c1)C(C)(C)c1ccccc1-2. The Morgan fingerprint density at radius 3 is 2.27 bits per heavy atom. The standard InChI is InChI=1S/C15H14/c1-15(2)13-9-5-3-7-11(13)12-8-4-6-10-14(12)15/h3-10H,1-2H3/i5D. The molecule has 0 heteroatoms. The van der Waals surface area contributed by atoms with Crippen LogP contribution >= 0.6 is 0 Å². The second-order valence-electron chi connectivity index (χ2n) is 4.64. The smallest absolute Gasteiger partial charge is 0.0619 e. The van der Waals surface area contributed by atoms with E-state index in [0.29, 0.717) is 6.04 Å². The maximum atomic E-state index is 7.75. The summed E-state index contributed by atoms with van der Waals surface area (Å²) in [5.74, 6) is 0. The van der Waals surface area contributed by atoms with Crippen molar-refractivity contribution in [1.29, 1.82) is 0 Å². The fourth-order valence-electron chi connectivity index (χ4n) is 2.59. The van der Waals surface area contributed by atoms with E-state index in [1.54, 1.807) is 0 Å². The lowest BCUT2D eigenvalue weighted by Gasteiger charge is -2.20. The van der Waals surface area contributed by atoms with Gasteiger partial charge in [-0.2, -0.15) is 0 Å². The first kappa shape index (κ1) is 7.70. The van der Waals surface area contributed by atoms with E-state index < -0.39 is 0 Å². The van der Waals surface area contributed by atoms with Crippen LogP contribution < -0.4 is 0 Å². The summed E-state index contributed by atoms with van der Waals surface area (Å²) in [6.07, 6.45) is 0. The number of hydrogen-bond acceptors (Lipinski definition) is 0. The zero-order valence-electron chi connectivity index (χ0n) is 10.0. The predicted molar refractivity (Wildman–Crippen MR) is 64.0 cm³/mol. The molecule has 2 aromatic rings. The first-order valence-corrected chi connectivity index (χ1v) is 5.32. The van der Waals surface area contributed by atoms with Gasteiger partial charge in [-0.3, -0.25) is 0 Å². The molecule has 3 rings (SSSR count). The zero-order chi connectivity index (χ0) is 11.3. The van der Waals surface area contributed by atoms with Crippen LogP contribution in [0.3, 0.4) is 0 Å². The van der Waals surface area contributed by atoms with Gasteiger partial charge < -0.3 is 0 Å². The van der Waals surface area contributed by atoms with Crippen molar-refractivity contribution in [3.05, 3.63) is 59.6 Å². The van der Waals surface area contributed by atoms with E-state index >= 15 is 0 Å². The van der Waals surface area contributed by atoms with Crippen LogP contribution in [0.25, 0.3) is 11.1 Å². The average molecular weight is 195 g/mol. The highest BCUT2D eigenvalue weighted by molar-refractivity contribution is 5.80. The minimum Gasteiger partial charge on any atom is -0.0619 e. The Balaban J connectivity index is 2.39. The molecule has 0 nitrogen and oxygen atoms in total. The Labute approximate surface area is 92.0 Å². The van der Waals surface area contributed by atoms with Crippen LogP contribution in [-0.2, 0) is 5.41 Å². The summed E-state index contributed by atoms with van der Waals surface area (Å²) < 4.78 is 7.75. The highest BCUT2D eigenvalue weighted by Gasteiger charge is 2.34. The van der Waals surface area contributed by atoms with Crippen molar-refractivity contribution in [1.82, 2.24) is 0 Å². The van der Waals surface area contributed by atoms with Gasteiger partial charge in [-0.05, 0) is 22.3 Å². The first-order valence-electron chi connectivity index (χ1n) is 5.82. The molecule has 1 aliphatic rings. The molecule has 2 aromatic carbocycles. The van der Waals surface area contributed by atoms with Crippen molar-refractivity contribution in [2.24, 2.45) is 0 Å². The Hall–Kier alpha value is -1.56. The van der Waals surface area contributed by atoms with Gasteiger partial charge in [0.2, 0.25) is 0 Å². The van der Waals surface area contributed by atoms with Gasteiger partial charge in [0.25, 0.3) is 0 Å². The summed E-state index contributed by atoms with van der Waals surface area (Å²) in [4.78, 5) is 0. The lowest BCUT2D eigenvalue weighted by Crippen LogP contribution is -2.14. The first-order chi connectivity index (χ1) is 7.60. The van der Waals surface area contributed by atoms with Crippen LogP contribution in [0.15, 0.2) is 48.5 Å². The van der Waals surface area contributed by atoms with Crippen LogP contribution in [0.1, 0.15) is 26.3 Å².